The number of hydrogen-bond donors (Lipinski definition) is 1. The third-order valence-corrected chi connectivity index (χ3v) is 7.25. The molecule has 1 amide bonds. The molecule has 1 atom stereocenters. The molecule has 0 aliphatic carbocycles. The maximum Gasteiger partial charge on any atom is 0.295 e. The molecule has 3 aromatic carbocycles. The number of amides is 1. The molecule has 1 aliphatic heterocycles. The van der Waals surface area contributed by atoms with Gasteiger partial charge in [-0.25, -0.2) is 0 Å². The van der Waals surface area contributed by atoms with Crippen molar-refractivity contribution < 1.29 is 19.4 Å². The average Bonchev–Trinajstić information content (AvgIpc) is 3.16. The Morgan fingerprint density at radius 3 is 2.25 bits per heavy atom. The minimum Gasteiger partial charge on any atom is -0.507 e. The second-order valence-corrected chi connectivity index (χ2v) is 11.8. The largest absolute Gasteiger partial charge is 0.507 e. The van der Waals surface area contributed by atoms with Crippen LogP contribution in [0.3, 0.4) is 0 Å². The van der Waals surface area contributed by atoms with Crippen LogP contribution in [0.15, 0.2) is 78.4 Å². The molecule has 1 unspecified atom stereocenters. The van der Waals surface area contributed by atoms with Gasteiger partial charge in [-0.1, -0.05) is 74.9 Å². The quantitative estimate of drug-likeness (QED) is 0.198. The summed E-state index contributed by atoms with van der Waals surface area (Å²) in [4.78, 5) is 30.2. The highest BCUT2D eigenvalue weighted by molar-refractivity contribution is 6.46. The van der Waals surface area contributed by atoms with Crippen molar-refractivity contribution in [2.45, 2.75) is 52.2 Å². The molecule has 0 radical (unpaired) electrons. The highest BCUT2D eigenvalue weighted by Crippen LogP contribution is 2.40. The lowest BCUT2D eigenvalue weighted by Crippen LogP contribution is -2.32. The highest BCUT2D eigenvalue weighted by Gasteiger charge is 2.45. The first-order valence-corrected chi connectivity index (χ1v) is 13.8. The standard InChI is InChI=1S/C34H40N2O4/c1-23-9-7-10-24(21-23)22-40-28-17-13-26(14-18-28)31(37)29-30(25-11-15-27(16-12-25)34(2,3)4)36(33(39)32(29)38)20-8-19-35(5)6/h7,9-18,21,30,37H,8,19-20,22H2,1-6H3/b31-29+. The summed E-state index contributed by atoms with van der Waals surface area (Å²) in [5.74, 6) is -0.768. The molecule has 6 nitrogen and oxygen atoms in total. The van der Waals surface area contributed by atoms with E-state index in [1.165, 1.54) is 5.56 Å². The van der Waals surface area contributed by atoms with E-state index in [2.05, 4.69) is 26.8 Å². The van der Waals surface area contributed by atoms with Gasteiger partial charge in [0.2, 0.25) is 0 Å². The zero-order chi connectivity index (χ0) is 29.0. The molecule has 0 aromatic heterocycles. The van der Waals surface area contributed by atoms with Crippen LogP contribution in [0.25, 0.3) is 5.76 Å². The van der Waals surface area contributed by atoms with E-state index in [1.807, 2.05) is 68.4 Å². The maximum atomic E-state index is 13.3. The van der Waals surface area contributed by atoms with Crippen LogP contribution >= 0.6 is 0 Å². The SMILES string of the molecule is Cc1cccc(COc2ccc(/C(O)=C3\C(=O)C(=O)N(CCCN(C)C)C3c3ccc(C(C)(C)C)cc3)cc2)c1. The average molecular weight is 541 g/mol. The Bertz CT molecular complexity index is 1380. The van der Waals surface area contributed by atoms with Crippen molar-refractivity contribution in [2.24, 2.45) is 0 Å². The normalized spacial score (nSPS) is 17.1. The van der Waals surface area contributed by atoms with E-state index in [0.717, 1.165) is 23.2 Å². The van der Waals surface area contributed by atoms with Crippen LogP contribution in [0.2, 0.25) is 0 Å². The molecule has 6 heteroatoms. The van der Waals surface area contributed by atoms with Crippen LogP contribution in [-0.2, 0) is 21.6 Å². The summed E-state index contributed by atoms with van der Waals surface area (Å²) in [5, 5.41) is 11.4. The van der Waals surface area contributed by atoms with Crippen molar-refractivity contribution in [1.29, 1.82) is 0 Å². The molecule has 1 N–H and O–H groups in total. The number of ether oxygens (including phenoxy) is 1. The second-order valence-electron chi connectivity index (χ2n) is 11.8. The lowest BCUT2D eigenvalue weighted by Gasteiger charge is -2.27. The van der Waals surface area contributed by atoms with Gasteiger partial charge in [-0.3, -0.25) is 9.59 Å². The highest BCUT2D eigenvalue weighted by atomic mass is 16.5. The topological polar surface area (TPSA) is 70.1 Å². The van der Waals surface area contributed by atoms with Gasteiger partial charge in [-0.2, -0.15) is 0 Å². The van der Waals surface area contributed by atoms with Crippen molar-refractivity contribution in [1.82, 2.24) is 9.80 Å². The fourth-order valence-electron chi connectivity index (χ4n) is 5.01. The zero-order valence-corrected chi connectivity index (χ0v) is 24.4. The summed E-state index contributed by atoms with van der Waals surface area (Å²) < 4.78 is 5.92. The number of aliphatic hydroxyl groups is 1. The van der Waals surface area contributed by atoms with Gasteiger partial charge in [0, 0.05) is 12.1 Å². The van der Waals surface area contributed by atoms with Crippen LogP contribution < -0.4 is 4.74 Å². The first-order chi connectivity index (χ1) is 19.0. The van der Waals surface area contributed by atoms with Gasteiger partial charge in [0.1, 0.15) is 18.1 Å². The van der Waals surface area contributed by atoms with E-state index in [-0.39, 0.29) is 16.7 Å². The van der Waals surface area contributed by atoms with Crippen molar-refractivity contribution >= 4 is 17.4 Å². The Labute approximate surface area is 237 Å². The predicted octanol–water partition coefficient (Wildman–Crippen LogP) is 6.24. The lowest BCUT2D eigenvalue weighted by atomic mass is 9.85. The fraction of sp³-hybridized carbons (Fsp3) is 0.353. The third kappa shape index (κ3) is 6.62. The molecule has 1 fully saturated rings. The third-order valence-electron chi connectivity index (χ3n) is 7.25. The molecule has 4 rings (SSSR count). The predicted molar refractivity (Wildman–Crippen MR) is 159 cm³/mol. The summed E-state index contributed by atoms with van der Waals surface area (Å²) in [5.41, 5.74) is 4.74. The lowest BCUT2D eigenvalue weighted by molar-refractivity contribution is -0.139. The Hall–Kier alpha value is -3.90. The molecule has 3 aromatic rings. The summed E-state index contributed by atoms with van der Waals surface area (Å²) in [7, 11) is 3.95. The van der Waals surface area contributed by atoms with Gasteiger partial charge in [-0.15, -0.1) is 0 Å². The van der Waals surface area contributed by atoms with Crippen LogP contribution in [0, 0.1) is 6.92 Å². The van der Waals surface area contributed by atoms with Crippen molar-refractivity contribution in [3.05, 3.63) is 106 Å². The van der Waals surface area contributed by atoms with Crippen molar-refractivity contribution in [3.63, 3.8) is 0 Å². The number of likely N-dealkylation sites (tertiary alicyclic amines) is 1. The van der Waals surface area contributed by atoms with Gasteiger partial charge in [-0.05, 0) is 80.4 Å². The van der Waals surface area contributed by atoms with Crippen LogP contribution in [0.4, 0.5) is 0 Å². The van der Waals surface area contributed by atoms with Gasteiger partial charge >= 0.3 is 0 Å². The molecule has 0 saturated carbocycles. The smallest absolute Gasteiger partial charge is 0.295 e. The van der Waals surface area contributed by atoms with Crippen molar-refractivity contribution in [2.75, 3.05) is 27.2 Å². The zero-order valence-electron chi connectivity index (χ0n) is 24.4. The first-order valence-electron chi connectivity index (χ1n) is 13.8. The number of aliphatic hydroxyl groups excluding tert-OH is 1. The number of aryl methyl sites for hydroxylation is 1. The molecule has 1 saturated heterocycles. The van der Waals surface area contributed by atoms with E-state index < -0.39 is 17.7 Å². The van der Waals surface area contributed by atoms with Gasteiger partial charge < -0.3 is 19.6 Å². The van der Waals surface area contributed by atoms with Gasteiger partial charge in [0.05, 0.1) is 11.6 Å². The number of hydrogen-bond acceptors (Lipinski definition) is 5. The molecule has 0 spiro atoms. The van der Waals surface area contributed by atoms with Crippen LogP contribution in [0.1, 0.15) is 61.1 Å². The molecule has 0 bridgehead atoms. The Kier molecular flexibility index (Phi) is 8.79. The first kappa shape index (κ1) is 29.1. The number of carbonyl (C=O) groups is 2. The monoisotopic (exact) mass is 540 g/mol. The minimum atomic E-state index is -0.660. The number of carbonyl (C=O) groups excluding carboxylic acids is 2. The van der Waals surface area contributed by atoms with E-state index in [4.69, 9.17) is 4.74 Å². The van der Waals surface area contributed by atoms with Gasteiger partial charge in [0.25, 0.3) is 11.7 Å². The Morgan fingerprint density at radius 1 is 0.975 bits per heavy atom. The number of ketones is 1. The van der Waals surface area contributed by atoms with E-state index in [9.17, 15) is 14.7 Å². The van der Waals surface area contributed by atoms with Crippen LogP contribution in [-0.4, -0.2) is 53.8 Å². The van der Waals surface area contributed by atoms with E-state index in [0.29, 0.717) is 30.9 Å². The molecular weight excluding hydrogens is 500 g/mol. The molecular formula is C34H40N2O4. The Morgan fingerprint density at radius 2 is 1.65 bits per heavy atom. The number of Topliss-reactive ketones (excluding diaryl/α,β-unsaturated/α-hetero) is 1. The minimum absolute atomic E-state index is 0.0325. The summed E-state index contributed by atoms with van der Waals surface area (Å²) >= 11 is 0. The molecule has 40 heavy (non-hydrogen) atoms. The molecule has 210 valence electrons. The maximum absolute atomic E-state index is 13.3. The Balaban J connectivity index is 1.65. The molecule has 1 heterocycles. The van der Waals surface area contributed by atoms with Crippen molar-refractivity contribution in [3.8, 4) is 5.75 Å². The van der Waals surface area contributed by atoms with Crippen LogP contribution in [0.5, 0.6) is 5.75 Å². The number of nitrogens with zero attached hydrogens (tertiary/aromatic N) is 2. The fourth-order valence-corrected chi connectivity index (χ4v) is 5.01. The van der Waals surface area contributed by atoms with E-state index in [1.54, 1.807) is 29.2 Å². The number of rotatable bonds is 9. The summed E-state index contributed by atoms with van der Waals surface area (Å²) in [6.07, 6.45) is 0.712. The molecule has 1 aliphatic rings. The number of benzene rings is 3. The summed E-state index contributed by atoms with van der Waals surface area (Å²) in [6.45, 7) is 10.1. The second kappa shape index (κ2) is 12.1. The van der Waals surface area contributed by atoms with E-state index >= 15 is 0 Å². The van der Waals surface area contributed by atoms with Gasteiger partial charge in [0.15, 0.2) is 0 Å². The summed E-state index contributed by atoms with van der Waals surface area (Å²) in [6, 6.07) is 22.5.